The summed E-state index contributed by atoms with van der Waals surface area (Å²) in [5, 5.41) is 12.2. The van der Waals surface area contributed by atoms with Gasteiger partial charge in [-0.05, 0) is 58.2 Å². The highest BCUT2D eigenvalue weighted by atomic mass is 16.5. The summed E-state index contributed by atoms with van der Waals surface area (Å²) in [6, 6.07) is 6.05. The SMILES string of the molecule is CCOc1cc(CNC(C)(C)C)ccc1OCCCCO. The highest BCUT2D eigenvalue weighted by Crippen LogP contribution is 2.29. The molecule has 4 heteroatoms. The Morgan fingerprint density at radius 2 is 1.86 bits per heavy atom. The van der Waals surface area contributed by atoms with Crippen LogP contribution in [0.4, 0.5) is 0 Å². The lowest BCUT2D eigenvalue weighted by Gasteiger charge is -2.21. The highest BCUT2D eigenvalue weighted by molar-refractivity contribution is 5.43. The van der Waals surface area contributed by atoms with Crippen molar-refractivity contribution in [3.05, 3.63) is 23.8 Å². The number of benzene rings is 1. The van der Waals surface area contributed by atoms with Crippen molar-refractivity contribution in [3.63, 3.8) is 0 Å². The van der Waals surface area contributed by atoms with E-state index >= 15 is 0 Å². The van der Waals surface area contributed by atoms with Gasteiger partial charge in [-0.1, -0.05) is 6.07 Å². The summed E-state index contributed by atoms with van der Waals surface area (Å²) in [5.41, 5.74) is 1.27. The summed E-state index contributed by atoms with van der Waals surface area (Å²) in [4.78, 5) is 0. The molecule has 0 aliphatic rings. The average molecular weight is 295 g/mol. The average Bonchev–Trinajstić information content (AvgIpc) is 2.42. The maximum atomic E-state index is 8.78. The molecule has 1 aromatic carbocycles. The van der Waals surface area contributed by atoms with Crippen molar-refractivity contribution in [2.45, 2.75) is 52.6 Å². The van der Waals surface area contributed by atoms with Crippen molar-refractivity contribution < 1.29 is 14.6 Å². The molecule has 0 radical (unpaired) electrons. The smallest absolute Gasteiger partial charge is 0.161 e. The van der Waals surface area contributed by atoms with Crippen LogP contribution in [-0.2, 0) is 6.54 Å². The molecule has 0 bridgehead atoms. The number of nitrogens with one attached hydrogen (secondary N) is 1. The molecule has 0 saturated heterocycles. The summed E-state index contributed by atoms with van der Waals surface area (Å²) >= 11 is 0. The van der Waals surface area contributed by atoms with E-state index in [1.165, 1.54) is 5.56 Å². The second-order valence-electron chi connectivity index (χ2n) is 6.10. The van der Waals surface area contributed by atoms with Gasteiger partial charge in [0, 0.05) is 18.7 Å². The van der Waals surface area contributed by atoms with Crippen LogP contribution in [0.1, 0.15) is 46.1 Å². The number of hydrogen-bond donors (Lipinski definition) is 2. The molecule has 120 valence electrons. The summed E-state index contributed by atoms with van der Waals surface area (Å²) < 4.78 is 11.4. The maximum absolute atomic E-state index is 8.78. The molecular weight excluding hydrogens is 266 g/mol. The Bertz CT molecular complexity index is 413. The predicted molar refractivity (Wildman–Crippen MR) is 86.0 cm³/mol. The summed E-state index contributed by atoms with van der Waals surface area (Å²) in [6.07, 6.45) is 1.60. The van der Waals surface area contributed by atoms with E-state index in [1.807, 2.05) is 19.1 Å². The van der Waals surface area contributed by atoms with Gasteiger partial charge in [-0.15, -0.1) is 0 Å². The second-order valence-corrected chi connectivity index (χ2v) is 6.10. The molecule has 0 heterocycles. The summed E-state index contributed by atoms with van der Waals surface area (Å²) in [7, 11) is 0. The van der Waals surface area contributed by atoms with E-state index in [-0.39, 0.29) is 12.1 Å². The maximum Gasteiger partial charge on any atom is 0.161 e. The van der Waals surface area contributed by atoms with E-state index in [2.05, 4.69) is 32.2 Å². The molecule has 0 saturated carbocycles. The number of ether oxygens (including phenoxy) is 2. The zero-order chi connectivity index (χ0) is 15.7. The molecule has 0 spiro atoms. The molecule has 0 unspecified atom stereocenters. The van der Waals surface area contributed by atoms with E-state index < -0.39 is 0 Å². The summed E-state index contributed by atoms with van der Waals surface area (Å²) in [6.45, 7) is 10.6. The number of aliphatic hydroxyl groups excluding tert-OH is 1. The van der Waals surface area contributed by atoms with Crippen LogP contribution in [-0.4, -0.2) is 30.5 Å². The van der Waals surface area contributed by atoms with E-state index in [9.17, 15) is 0 Å². The molecule has 0 fully saturated rings. The zero-order valence-electron chi connectivity index (χ0n) is 13.7. The minimum Gasteiger partial charge on any atom is -0.490 e. The van der Waals surface area contributed by atoms with Crippen molar-refractivity contribution >= 4 is 0 Å². The van der Waals surface area contributed by atoms with Gasteiger partial charge in [0.25, 0.3) is 0 Å². The van der Waals surface area contributed by atoms with E-state index in [4.69, 9.17) is 14.6 Å². The Morgan fingerprint density at radius 3 is 2.48 bits per heavy atom. The lowest BCUT2D eigenvalue weighted by atomic mass is 10.1. The lowest BCUT2D eigenvalue weighted by Crippen LogP contribution is -2.35. The minimum absolute atomic E-state index is 0.0885. The first kappa shape index (κ1) is 17.8. The third kappa shape index (κ3) is 7.34. The molecule has 0 amide bonds. The van der Waals surface area contributed by atoms with Gasteiger partial charge in [-0.2, -0.15) is 0 Å². The third-order valence-electron chi connectivity index (χ3n) is 2.94. The quantitative estimate of drug-likeness (QED) is 0.687. The molecule has 1 rings (SSSR count). The lowest BCUT2D eigenvalue weighted by molar-refractivity contribution is 0.243. The van der Waals surface area contributed by atoms with Crippen LogP contribution < -0.4 is 14.8 Å². The molecule has 2 N–H and O–H groups in total. The Balaban J connectivity index is 2.67. The Hall–Kier alpha value is -1.26. The topological polar surface area (TPSA) is 50.7 Å². The molecule has 1 aromatic rings. The first-order valence-electron chi connectivity index (χ1n) is 7.70. The predicted octanol–water partition coefficient (Wildman–Crippen LogP) is 3.12. The summed E-state index contributed by atoms with van der Waals surface area (Å²) in [5.74, 6) is 1.56. The number of hydrogen-bond acceptors (Lipinski definition) is 4. The fraction of sp³-hybridized carbons (Fsp3) is 0.647. The Morgan fingerprint density at radius 1 is 1.10 bits per heavy atom. The van der Waals surface area contributed by atoms with Gasteiger partial charge >= 0.3 is 0 Å². The molecule has 0 aromatic heterocycles. The molecule has 0 aliphatic heterocycles. The van der Waals surface area contributed by atoms with Crippen molar-refractivity contribution in [3.8, 4) is 11.5 Å². The Labute approximate surface area is 128 Å². The minimum atomic E-state index is 0.0885. The van der Waals surface area contributed by atoms with Crippen LogP contribution in [0.3, 0.4) is 0 Å². The molecule has 0 aliphatic carbocycles. The van der Waals surface area contributed by atoms with Gasteiger partial charge in [-0.25, -0.2) is 0 Å². The fourth-order valence-electron chi connectivity index (χ4n) is 1.81. The highest BCUT2D eigenvalue weighted by Gasteiger charge is 2.11. The van der Waals surface area contributed by atoms with Gasteiger partial charge in [0.2, 0.25) is 0 Å². The third-order valence-corrected chi connectivity index (χ3v) is 2.94. The van der Waals surface area contributed by atoms with Crippen molar-refractivity contribution in [1.82, 2.24) is 5.32 Å². The first-order chi connectivity index (χ1) is 9.96. The normalized spacial score (nSPS) is 11.5. The van der Waals surface area contributed by atoms with Crippen LogP contribution in [0.5, 0.6) is 11.5 Å². The monoisotopic (exact) mass is 295 g/mol. The van der Waals surface area contributed by atoms with Gasteiger partial charge in [0.15, 0.2) is 11.5 Å². The van der Waals surface area contributed by atoms with E-state index in [0.717, 1.165) is 30.9 Å². The number of aliphatic hydroxyl groups is 1. The van der Waals surface area contributed by atoms with Gasteiger partial charge < -0.3 is 19.9 Å². The largest absolute Gasteiger partial charge is 0.490 e. The second kappa shape index (κ2) is 8.90. The van der Waals surface area contributed by atoms with E-state index in [0.29, 0.717) is 13.2 Å². The van der Waals surface area contributed by atoms with Crippen LogP contribution in [0.2, 0.25) is 0 Å². The van der Waals surface area contributed by atoms with E-state index in [1.54, 1.807) is 0 Å². The van der Waals surface area contributed by atoms with Gasteiger partial charge in [-0.3, -0.25) is 0 Å². The van der Waals surface area contributed by atoms with Gasteiger partial charge in [0.1, 0.15) is 0 Å². The van der Waals surface area contributed by atoms with Crippen molar-refractivity contribution in [2.75, 3.05) is 19.8 Å². The molecule has 4 nitrogen and oxygen atoms in total. The van der Waals surface area contributed by atoms with Crippen LogP contribution >= 0.6 is 0 Å². The van der Waals surface area contributed by atoms with Crippen molar-refractivity contribution in [1.29, 1.82) is 0 Å². The molecular formula is C17H29NO3. The fourth-order valence-corrected chi connectivity index (χ4v) is 1.81. The number of rotatable bonds is 9. The zero-order valence-corrected chi connectivity index (χ0v) is 13.7. The number of unbranched alkanes of at least 4 members (excludes halogenated alkanes) is 1. The standard InChI is InChI=1S/C17H29NO3/c1-5-20-16-12-14(13-18-17(2,3)4)8-9-15(16)21-11-7-6-10-19/h8-9,12,18-19H,5-7,10-11,13H2,1-4H3. The van der Waals surface area contributed by atoms with Crippen LogP contribution in [0, 0.1) is 0 Å². The van der Waals surface area contributed by atoms with Crippen LogP contribution in [0.25, 0.3) is 0 Å². The molecule has 21 heavy (non-hydrogen) atoms. The Kier molecular flexibility index (Phi) is 7.54. The van der Waals surface area contributed by atoms with Gasteiger partial charge in [0.05, 0.1) is 13.2 Å². The molecule has 0 atom stereocenters. The van der Waals surface area contributed by atoms with Crippen molar-refractivity contribution in [2.24, 2.45) is 0 Å². The van der Waals surface area contributed by atoms with Crippen LogP contribution in [0.15, 0.2) is 18.2 Å². The first-order valence-corrected chi connectivity index (χ1v) is 7.70.